The Labute approximate surface area is 99.1 Å². The van der Waals surface area contributed by atoms with E-state index in [-0.39, 0.29) is 5.75 Å². The van der Waals surface area contributed by atoms with Gasteiger partial charge in [0.25, 0.3) is 5.91 Å². The maximum absolute atomic E-state index is 11.7. The zero-order valence-corrected chi connectivity index (χ0v) is 9.70. The highest BCUT2D eigenvalue weighted by atomic mass is 32.1. The molecular formula is C11H13NO3S. The van der Waals surface area contributed by atoms with E-state index in [9.17, 15) is 9.59 Å². The van der Waals surface area contributed by atoms with E-state index < -0.39 is 17.9 Å². The highest BCUT2D eigenvalue weighted by molar-refractivity contribution is 7.80. The molecule has 0 spiro atoms. The molecule has 0 aliphatic rings. The van der Waals surface area contributed by atoms with Crippen LogP contribution in [0.15, 0.2) is 24.3 Å². The Bertz CT molecular complexity index is 406. The highest BCUT2D eigenvalue weighted by Crippen LogP contribution is 2.04. The number of nitrogens with one attached hydrogen (secondary N) is 1. The van der Waals surface area contributed by atoms with Crippen LogP contribution in [0.25, 0.3) is 0 Å². The lowest BCUT2D eigenvalue weighted by Crippen LogP contribution is -2.42. The van der Waals surface area contributed by atoms with Gasteiger partial charge in [-0.3, -0.25) is 4.79 Å². The third-order valence-electron chi connectivity index (χ3n) is 2.07. The lowest BCUT2D eigenvalue weighted by Gasteiger charge is -2.11. The number of carbonyl (C=O) groups is 2. The molecule has 0 aliphatic heterocycles. The molecule has 0 aromatic heterocycles. The van der Waals surface area contributed by atoms with E-state index in [2.05, 4.69) is 17.9 Å². The smallest absolute Gasteiger partial charge is 0.327 e. The lowest BCUT2D eigenvalue weighted by atomic mass is 10.1. The van der Waals surface area contributed by atoms with Crippen molar-refractivity contribution in [2.24, 2.45) is 0 Å². The minimum atomic E-state index is -1.09. The second-order valence-electron chi connectivity index (χ2n) is 3.42. The zero-order chi connectivity index (χ0) is 12.1. The van der Waals surface area contributed by atoms with E-state index >= 15 is 0 Å². The van der Waals surface area contributed by atoms with E-state index in [0.29, 0.717) is 5.56 Å². The summed E-state index contributed by atoms with van der Waals surface area (Å²) in [4.78, 5) is 22.4. The molecule has 0 saturated heterocycles. The average molecular weight is 239 g/mol. The second kappa shape index (κ2) is 5.55. The summed E-state index contributed by atoms with van der Waals surface area (Å²) in [6.07, 6.45) is 0. The fourth-order valence-corrected chi connectivity index (χ4v) is 1.46. The Morgan fingerprint density at radius 3 is 2.69 bits per heavy atom. The van der Waals surface area contributed by atoms with Crippen LogP contribution in [0.5, 0.6) is 0 Å². The van der Waals surface area contributed by atoms with Gasteiger partial charge in [-0.2, -0.15) is 12.6 Å². The predicted molar refractivity (Wildman–Crippen MR) is 63.9 cm³/mol. The van der Waals surface area contributed by atoms with Crippen LogP contribution in [0.4, 0.5) is 0 Å². The van der Waals surface area contributed by atoms with Gasteiger partial charge >= 0.3 is 5.97 Å². The summed E-state index contributed by atoms with van der Waals surface area (Å²) in [5.74, 6) is -1.42. The summed E-state index contributed by atoms with van der Waals surface area (Å²) < 4.78 is 0. The molecule has 0 radical (unpaired) electrons. The number of benzene rings is 1. The van der Waals surface area contributed by atoms with Crippen molar-refractivity contribution in [2.75, 3.05) is 5.75 Å². The van der Waals surface area contributed by atoms with Crippen molar-refractivity contribution in [3.8, 4) is 0 Å². The third kappa shape index (κ3) is 3.27. The number of rotatable bonds is 4. The molecule has 4 nitrogen and oxygen atoms in total. The first-order valence-corrected chi connectivity index (χ1v) is 5.39. The Kier molecular flexibility index (Phi) is 4.37. The monoisotopic (exact) mass is 239 g/mol. The molecule has 0 saturated carbocycles. The molecule has 1 atom stereocenters. The fraction of sp³-hybridized carbons (Fsp3) is 0.273. The number of hydrogen-bond donors (Lipinski definition) is 3. The minimum absolute atomic E-state index is 0.0624. The topological polar surface area (TPSA) is 66.4 Å². The number of thiol groups is 1. The Hall–Kier alpha value is -1.49. The van der Waals surface area contributed by atoms with Crippen molar-refractivity contribution in [2.45, 2.75) is 13.0 Å². The van der Waals surface area contributed by atoms with Gasteiger partial charge in [-0.15, -0.1) is 0 Å². The van der Waals surface area contributed by atoms with Crippen molar-refractivity contribution < 1.29 is 14.7 Å². The number of aliphatic carboxylic acids is 1. The molecular weight excluding hydrogens is 226 g/mol. The van der Waals surface area contributed by atoms with Gasteiger partial charge < -0.3 is 10.4 Å². The van der Waals surface area contributed by atoms with Crippen LogP contribution in [0.3, 0.4) is 0 Å². The SMILES string of the molecule is Cc1cccc(C(=O)NC(CS)C(=O)O)c1. The molecule has 1 rings (SSSR count). The number of amides is 1. The number of carboxylic acid groups (broad SMARTS) is 1. The lowest BCUT2D eigenvalue weighted by molar-refractivity contribution is -0.138. The van der Waals surface area contributed by atoms with Crippen molar-refractivity contribution in [1.82, 2.24) is 5.32 Å². The van der Waals surface area contributed by atoms with Gasteiger partial charge in [-0.05, 0) is 19.1 Å². The van der Waals surface area contributed by atoms with E-state index in [0.717, 1.165) is 5.56 Å². The van der Waals surface area contributed by atoms with Gasteiger partial charge in [0, 0.05) is 11.3 Å². The quantitative estimate of drug-likeness (QED) is 0.689. The van der Waals surface area contributed by atoms with Crippen LogP contribution in [0.2, 0.25) is 0 Å². The maximum Gasteiger partial charge on any atom is 0.327 e. The summed E-state index contributed by atoms with van der Waals surface area (Å²) in [6, 6.07) is 5.99. The molecule has 86 valence electrons. The first-order valence-electron chi connectivity index (χ1n) is 4.76. The number of hydrogen-bond acceptors (Lipinski definition) is 3. The standard InChI is InChI=1S/C11H13NO3S/c1-7-3-2-4-8(5-7)10(13)12-9(6-16)11(14)15/h2-5,9,16H,6H2,1H3,(H,12,13)(H,14,15). The first-order chi connectivity index (χ1) is 7.54. The maximum atomic E-state index is 11.7. The van der Waals surface area contributed by atoms with Crippen molar-refractivity contribution >= 4 is 24.5 Å². The van der Waals surface area contributed by atoms with E-state index in [4.69, 9.17) is 5.11 Å². The number of carbonyl (C=O) groups excluding carboxylic acids is 1. The van der Waals surface area contributed by atoms with E-state index in [1.807, 2.05) is 13.0 Å². The second-order valence-corrected chi connectivity index (χ2v) is 3.78. The van der Waals surface area contributed by atoms with Gasteiger partial charge in [-0.1, -0.05) is 17.7 Å². The van der Waals surface area contributed by atoms with Gasteiger partial charge in [0.05, 0.1) is 0 Å². The van der Waals surface area contributed by atoms with Gasteiger partial charge in [-0.25, -0.2) is 4.79 Å². The van der Waals surface area contributed by atoms with Crippen LogP contribution in [0.1, 0.15) is 15.9 Å². The van der Waals surface area contributed by atoms with Crippen molar-refractivity contribution in [1.29, 1.82) is 0 Å². The molecule has 1 aromatic rings. The molecule has 1 unspecified atom stereocenters. The average Bonchev–Trinajstić information content (AvgIpc) is 2.25. The zero-order valence-electron chi connectivity index (χ0n) is 8.80. The molecule has 1 aromatic carbocycles. The van der Waals surface area contributed by atoms with Crippen LogP contribution in [-0.2, 0) is 4.79 Å². The molecule has 0 heterocycles. The van der Waals surface area contributed by atoms with Crippen molar-refractivity contribution in [3.05, 3.63) is 35.4 Å². The van der Waals surface area contributed by atoms with E-state index in [1.54, 1.807) is 18.2 Å². The number of carboxylic acids is 1. The Morgan fingerprint density at radius 1 is 1.50 bits per heavy atom. The molecule has 1 amide bonds. The van der Waals surface area contributed by atoms with Crippen LogP contribution in [-0.4, -0.2) is 28.8 Å². The van der Waals surface area contributed by atoms with Crippen molar-refractivity contribution in [3.63, 3.8) is 0 Å². The van der Waals surface area contributed by atoms with Gasteiger partial charge in [0.15, 0.2) is 0 Å². The largest absolute Gasteiger partial charge is 0.480 e. The first kappa shape index (κ1) is 12.6. The molecule has 0 bridgehead atoms. The van der Waals surface area contributed by atoms with E-state index in [1.165, 1.54) is 0 Å². The summed E-state index contributed by atoms with van der Waals surface area (Å²) in [6.45, 7) is 1.87. The Morgan fingerprint density at radius 2 is 2.19 bits per heavy atom. The fourth-order valence-electron chi connectivity index (χ4n) is 1.21. The summed E-state index contributed by atoms with van der Waals surface area (Å²) in [7, 11) is 0. The summed E-state index contributed by atoms with van der Waals surface area (Å²) in [5, 5.41) is 11.2. The van der Waals surface area contributed by atoms with Gasteiger partial charge in [0.2, 0.25) is 0 Å². The van der Waals surface area contributed by atoms with Crippen LogP contribution < -0.4 is 5.32 Å². The van der Waals surface area contributed by atoms with Gasteiger partial charge in [0.1, 0.15) is 6.04 Å². The molecule has 0 fully saturated rings. The van der Waals surface area contributed by atoms with Crippen LogP contribution >= 0.6 is 12.6 Å². The molecule has 0 aliphatic carbocycles. The third-order valence-corrected chi connectivity index (χ3v) is 2.43. The van der Waals surface area contributed by atoms with Crippen LogP contribution in [0, 0.1) is 6.92 Å². The molecule has 16 heavy (non-hydrogen) atoms. The molecule has 2 N–H and O–H groups in total. The summed E-state index contributed by atoms with van der Waals surface area (Å²) >= 11 is 3.87. The number of aryl methyl sites for hydroxylation is 1. The molecule has 5 heteroatoms. The minimum Gasteiger partial charge on any atom is -0.480 e. The normalized spacial score (nSPS) is 11.9. The Balaban J connectivity index is 2.75. The predicted octanol–water partition coefficient (Wildman–Crippen LogP) is 1.11. The summed E-state index contributed by atoms with van der Waals surface area (Å²) in [5.41, 5.74) is 1.40. The highest BCUT2D eigenvalue weighted by Gasteiger charge is 2.18.